The highest BCUT2D eigenvalue weighted by atomic mass is 16.2. The first-order valence-corrected chi connectivity index (χ1v) is 7.70. The molecule has 3 nitrogen and oxygen atoms in total. The van der Waals surface area contributed by atoms with Crippen LogP contribution in [0.5, 0.6) is 0 Å². The Morgan fingerprint density at radius 2 is 1.75 bits per heavy atom. The van der Waals surface area contributed by atoms with Crippen molar-refractivity contribution in [3.05, 3.63) is 35.4 Å². The number of benzene rings is 1. The van der Waals surface area contributed by atoms with Gasteiger partial charge in [0.05, 0.1) is 6.04 Å². The predicted molar refractivity (Wildman–Crippen MR) is 82.7 cm³/mol. The molecule has 2 amide bonds. The van der Waals surface area contributed by atoms with Gasteiger partial charge in [-0.3, -0.25) is 0 Å². The van der Waals surface area contributed by atoms with E-state index in [2.05, 4.69) is 43.4 Å². The van der Waals surface area contributed by atoms with E-state index in [1.165, 1.54) is 11.1 Å². The molecule has 0 saturated carbocycles. The van der Waals surface area contributed by atoms with Crippen molar-refractivity contribution in [2.75, 3.05) is 13.1 Å². The minimum absolute atomic E-state index is 0.0659. The molecule has 0 radical (unpaired) electrons. The fourth-order valence-electron chi connectivity index (χ4n) is 2.69. The summed E-state index contributed by atoms with van der Waals surface area (Å²) in [5.74, 6) is 0.674. The predicted octanol–water partition coefficient (Wildman–Crippen LogP) is 3.75. The molecule has 0 aliphatic carbocycles. The van der Waals surface area contributed by atoms with E-state index in [0.29, 0.717) is 5.92 Å². The molecular weight excluding hydrogens is 248 g/mol. The van der Waals surface area contributed by atoms with Gasteiger partial charge in [-0.1, -0.05) is 38.1 Å². The van der Waals surface area contributed by atoms with Crippen molar-refractivity contribution < 1.29 is 4.79 Å². The standard InChI is InChI=1S/C17H26N2O/c1-13(2)12-15-6-8-16(9-7-15)14(3)18-17(20)19-10-4-5-11-19/h6-9,13-14H,4-5,10-12H2,1-3H3,(H,18,20). The zero-order valence-corrected chi connectivity index (χ0v) is 12.9. The Bertz CT molecular complexity index is 433. The van der Waals surface area contributed by atoms with Crippen LogP contribution in [0.2, 0.25) is 0 Å². The first-order valence-electron chi connectivity index (χ1n) is 7.70. The number of nitrogens with zero attached hydrogens (tertiary/aromatic N) is 1. The molecule has 0 aromatic heterocycles. The van der Waals surface area contributed by atoms with Crippen LogP contribution in [0.15, 0.2) is 24.3 Å². The van der Waals surface area contributed by atoms with E-state index in [9.17, 15) is 4.79 Å². The molecule has 110 valence electrons. The second kappa shape index (κ2) is 6.78. The van der Waals surface area contributed by atoms with E-state index < -0.39 is 0 Å². The van der Waals surface area contributed by atoms with Crippen LogP contribution in [0.4, 0.5) is 4.79 Å². The fraction of sp³-hybridized carbons (Fsp3) is 0.588. The minimum atomic E-state index is 0.0659. The summed E-state index contributed by atoms with van der Waals surface area (Å²) in [6.45, 7) is 8.29. The molecular formula is C17H26N2O. The molecule has 2 rings (SSSR count). The quantitative estimate of drug-likeness (QED) is 0.891. The van der Waals surface area contributed by atoms with E-state index in [1.807, 2.05) is 11.8 Å². The molecule has 1 unspecified atom stereocenters. The maximum Gasteiger partial charge on any atom is 0.317 e. The highest BCUT2D eigenvalue weighted by molar-refractivity contribution is 5.74. The van der Waals surface area contributed by atoms with Gasteiger partial charge < -0.3 is 10.2 Å². The summed E-state index contributed by atoms with van der Waals surface area (Å²) in [4.78, 5) is 14.0. The van der Waals surface area contributed by atoms with Crippen LogP contribution in [0.1, 0.15) is 50.8 Å². The van der Waals surface area contributed by atoms with Crippen molar-refractivity contribution in [1.82, 2.24) is 10.2 Å². The molecule has 20 heavy (non-hydrogen) atoms. The Hall–Kier alpha value is -1.51. The number of hydrogen-bond donors (Lipinski definition) is 1. The van der Waals surface area contributed by atoms with E-state index in [1.54, 1.807) is 0 Å². The van der Waals surface area contributed by atoms with Gasteiger partial charge in [0.1, 0.15) is 0 Å². The monoisotopic (exact) mass is 274 g/mol. The third-order valence-corrected chi connectivity index (χ3v) is 3.86. The zero-order valence-electron chi connectivity index (χ0n) is 12.9. The van der Waals surface area contributed by atoms with Crippen molar-refractivity contribution in [1.29, 1.82) is 0 Å². The van der Waals surface area contributed by atoms with Crippen molar-refractivity contribution in [2.45, 2.75) is 46.1 Å². The maximum atomic E-state index is 12.1. The molecule has 1 aliphatic heterocycles. The first kappa shape index (κ1) is 14.9. The lowest BCUT2D eigenvalue weighted by atomic mass is 10.00. The van der Waals surface area contributed by atoms with E-state index >= 15 is 0 Å². The second-order valence-electron chi connectivity index (χ2n) is 6.20. The maximum absolute atomic E-state index is 12.1. The van der Waals surface area contributed by atoms with Gasteiger partial charge in [0, 0.05) is 13.1 Å². The Kier molecular flexibility index (Phi) is 5.05. The van der Waals surface area contributed by atoms with Crippen LogP contribution in [0.3, 0.4) is 0 Å². The zero-order chi connectivity index (χ0) is 14.5. The molecule has 1 fully saturated rings. The number of urea groups is 1. The van der Waals surface area contributed by atoms with Gasteiger partial charge >= 0.3 is 6.03 Å². The first-order chi connectivity index (χ1) is 9.56. The van der Waals surface area contributed by atoms with Gasteiger partial charge in [0.2, 0.25) is 0 Å². The lowest BCUT2D eigenvalue weighted by Gasteiger charge is -2.21. The summed E-state index contributed by atoms with van der Waals surface area (Å²) in [6.07, 6.45) is 3.37. The molecule has 1 atom stereocenters. The van der Waals surface area contributed by atoms with Crippen molar-refractivity contribution >= 4 is 6.03 Å². The Morgan fingerprint density at radius 3 is 2.30 bits per heavy atom. The van der Waals surface area contributed by atoms with E-state index in [-0.39, 0.29) is 12.1 Å². The number of rotatable bonds is 4. The molecule has 1 saturated heterocycles. The molecule has 1 N–H and O–H groups in total. The smallest absolute Gasteiger partial charge is 0.317 e. The average Bonchev–Trinajstić information content (AvgIpc) is 2.92. The molecule has 1 aliphatic rings. The minimum Gasteiger partial charge on any atom is -0.331 e. The fourth-order valence-corrected chi connectivity index (χ4v) is 2.69. The summed E-state index contributed by atoms with van der Waals surface area (Å²) in [6, 6.07) is 8.75. The summed E-state index contributed by atoms with van der Waals surface area (Å²) >= 11 is 0. The topological polar surface area (TPSA) is 32.3 Å². The molecule has 1 aromatic rings. The van der Waals surface area contributed by atoms with Crippen molar-refractivity contribution in [2.24, 2.45) is 5.92 Å². The highest BCUT2D eigenvalue weighted by Crippen LogP contribution is 2.16. The van der Waals surface area contributed by atoms with Gasteiger partial charge in [0.25, 0.3) is 0 Å². The number of likely N-dealkylation sites (tertiary alicyclic amines) is 1. The van der Waals surface area contributed by atoms with Crippen LogP contribution in [-0.4, -0.2) is 24.0 Å². The molecule has 1 aromatic carbocycles. The number of amides is 2. The van der Waals surface area contributed by atoms with Gasteiger partial charge in [-0.15, -0.1) is 0 Å². The van der Waals surface area contributed by atoms with Crippen LogP contribution >= 0.6 is 0 Å². The molecule has 0 bridgehead atoms. The van der Waals surface area contributed by atoms with Crippen molar-refractivity contribution in [3.63, 3.8) is 0 Å². The number of carbonyl (C=O) groups is 1. The van der Waals surface area contributed by atoms with Gasteiger partial charge in [-0.2, -0.15) is 0 Å². The average molecular weight is 274 g/mol. The summed E-state index contributed by atoms with van der Waals surface area (Å²) in [5.41, 5.74) is 2.53. The normalized spacial score (nSPS) is 16.5. The molecule has 1 heterocycles. The van der Waals surface area contributed by atoms with Crippen LogP contribution in [0, 0.1) is 5.92 Å². The molecule has 3 heteroatoms. The Labute approximate surface area is 122 Å². The van der Waals surface area contributed by atoms with Gasteiger partial charge in [-0.05, 0) is 43.2 Å². The number of carbonyl (C=O) groups excluding carboxylic acids is 1. The summed E-state index contributed by atoms with van der Waals surface area (Å²) in [7, 11) is 0. The third kappa shape index (κ3) is 3.99. The largest absolute Gasteiger partial charge is 0.331 e. The highest BCUT2D eigenvalue weighted by Gasteiger charge is 2.19. The van der Waals surface area contributed by atoms with Crippen LogP contribution in [-0.2, 0) is 6.42 Å². The Balaban J connectivity index is 1.91. The lowest BCUT2D eigenvalue weighted by Crippen LogP contribution is -2.39. The van der Waals surface area contributed by atoms with Gasteiger partial charge in [-0.25, -0.2) is 4.79 Å². The van der Waals surface area contributed by atoms with Gasteiger partial charge in [0.15, 0.2) is 0 Å². The summed E-state index contributed by atoms with van der Waals surface area (Å²) < 4.78 is 0. The Morgan fingerprint density at radius 1 is 1.15 bits per heavy atom. The summed E-state index contributed by atoms with van der Waals surface area (Å²) in [5, 5.41) is 3.09. The number of hydrogen-bond acceptors (Lipinski definition) is 1. The van der Waals surface area contributed by atoms with Crippen LogP contribution in [0.25, 0.3) is 0 Å². The molecule has 0 spiro atoms. The van der Waals surface area contributed by atoms with E-state index in [4.69, 9.17) is 0 Å². The SMILES string of the molecule is CC(C)Cc1ccc(C(C)NC(=O)N2CCCC2)cc1. The third-order valence-electron chi connectivity index (χ3n) is 3.86. The number of nitrogens with one attached hydrogen (secondary N) is 1. The van der Waals surface area contributed by atoms with E-state index in [0.717, 1.165) is 32.4 Å². The van der Waals surface area contributed by atoms with Crippen LogP contribution < -0.4 is 5.32 Å². The second-order valence-corrected chi connectivity index (χ2v) is 6.20. The van der Waals surface area contributed by atoms with Crippen molar-refractivity contribution in [3.8, 4) is 0 Å². The lowest BCUT2D eigenvalue weighted by molar-refractivity contribution is 0.205.